The number of unbranched alkanes of at least 4 members (excludes halogenated alkanes) is 1. The van der Waals surface area contributed by atoms with E-state index < -0.39 is 11.9 Å². The SMILES string of the molecule is N=C(N)c1ccc2cc(OC(=O)c3ccc(CNC(=O)CCCCC(=O)O)o3)ccc2c1. The van der Waals surface area contributed by atoms with Gasteiger partial charge in [-0.1, -0.05) is 18.2 Å². The van der Waals surface area contributed by atoms with E-state index in [2.05, 4.69) is 5.32 Å². The van der Waals surface area contributed by atoms with Crippen molar-refractivity contribution in [3.8, 4) is 5.75 Å². The molecular formula is C23H23N3O6. The first-order chi connectivity index (χ1) is 15.3. The molecule has 0 saturated heterocycles. The summed E-state index contributed by atoms with van der Waals surface area (Å²) in [6.45, 7) is 0.111. The summed E-state index contributed by atoms with van der Waals surface area (Å²) >= 11 is 0. The quantitative estimate of drug-likeness (QED) is 0.125. The Morgan fingerprint density at radius 1 is 1.00 bits per heavy atom. The first kappa shape index (κ1) is 22.5. The molecule has 9 heteroatoms. The molecule has 0 radical (unpaired) electrons. The number of nitrogens with two attached hydrogens (primary N) is 1. The first-order valence-corrected chi connectivity index (χ1v) is 9.99. The standard InChI is InChI=1S/C23H23N3O6/c24-22(25)16-6-5-15-12-17(8-7-14(15)11-16)32-23(30)19-10-9-18(31-19)13-26-20(27)3-1-2-4-21(28)29/h5-12H,1-4,13H2,(H3,24,25)(H,26,27)(H,28,29). The summed E-state index contributed by atoms with van der Waals surface area (Å²) in [7, 11) is 0. The number of carboxylic acids is 1. The molecule has 3 rings (SSSR count). The summed E-state index contributed by atoms with van der Waals surface area (Å²) in [4.78, 5) is 34.6. The third-order valence-corrected chi connectivity index (χ3v) is 4.70. The molecule has 0 unspecified atom stereocenters. The molecule has 9 nitrogen and oxygen atoms in total. The maximum absolute atomic E-state index is 12.4. The van der Waals surface area contributed by atoms with Crippen LogP contribution in [0.3, 0.4) is 0 Å². The van der Waals surface area contributed by atoms with Gasteiger partial charge in [-0.15, -0.1) is 0 Å². The number of nitrogen functional groups attached to an aromatic ring is 1. The van der Waals surface area contributed by atoms with Crippen LogP contribution in [0, 0.1) is 5.41 Å². The van der Waals surface area contributed by atoms with Gasteiger partial charge in [-0.3, -0.25) is 15.0 Å². The third kappa shape index (κ3) is 6.18. The Kier molecular flexibility index (Phi) is 7.22. The molecule has 0 atom stereocenters. The molecule has 0 saturated carbocycles. The number of carboxylic acid groups (broad SMARTS) is 1. The molecule has 1 aromatic heterocycles. The van der Waals surface area contributed by atoms with E-state index in [1.165, 1.54) is 6.07 Å². The highest BCUT2D eigenvalue weighted by Crippen LogP contribution is 2.23. The molecule has 5 N–H and O–H groups in total. The molecular weight excluding hydrogens is 414 g/mol. The number of carbonyl (C=O) groups excluding carboxylic acids is 2. The molecule has 0 spiro atoms. The number of rotatable bonds is 10. The lowest BCUT2D eigenvalue weighted by Crippen LogP contribution is -2.22. The van der Waals surface area contributed by atoms with Gasteiger partial charge in [-0.25, -0.2) is 4.79 Å². The highest BCUT2D eigenvalue weighted by atomic mass is 16.5. The van der Waals surface area contributed by atoms with Gasteiger partial charge in [0.1, 0.15) is 17.3 Å². The van der Waals surface area contributed by atoms with Crippen LogP contribution in [-0.4, -0.2) is 28.8 Å². The monoisotopic (exact) mass is 437 g/mol. The summed E-state index contributed by atoms with van der Waals surface area (Å²) in [6.07, 6.45) is 1.17. The molecule has 1 heterocycles. The lowest BCUT2D eigenvalue weighted by atomic mass is 10.1. The van der Waals surface area contributed by atoms with Crippen LogP contribution in [0.15, 0.2) is 52.9 Å². The number of furan rings is 1. The van der Waals surface area contributed by atoms with E-state index >= 15 is 0 Å². The minimum absolute atomic E-state index is 0.00253. The van der Waals surface area contributed by atoms with Crippen LogP contribution in [0.2, 0.25) is 0 Å². The largest absolute Gasteiger partial charge is 0.481 e. The van der Waals surface area contributed by atoms with Crippen LogP contribution in [0.4, 0.5) is 0 Å². The number of amides is 1. The normalized spacial score (nSPS) is 10.6. The van der Waals surface area contributed by atoms with Crippen molar-refractivity contribution in [2.24, 2.45) is 5.73 Å². The minimum Gasteiger partial charge on any atom is -0.481 e. The van der Waals surface area contributed by atoms with Gasteiger partial charge in [-0.05, 0) is 53.9 Å². The fourth-order valence-corrected chi connectivity index (χ4v) is 3.03. The van der Waals surface area contributed by atoms with Crippen molar-refractivity contribution in [2.45, 2.75) is 32.2 Å². The van der Waals surface area contributed by atoms with Crippen molar-refractivity contribution in [3.05, 3.63) is 65.6 Å². The van der Waals surface area contributed by atoms with E-state index in [0.717, 1.165) is 10.8 Å². The highest BCUT2D eigenvalue weighted by Gasteiger charge is 2.15. The average molecular weight is 437 g/mol. The molecule has 2 aromatic carbocycles. The van der Waals surface area contributed by atoms with Crippen LogP contribution in [0.25, 0.3) is 10.8 Å². The summed E-state index contributed by atoms with van der Waals surface area (Å²) in [6, 6.07) is 13.4. The van der Waals surface area contributed by atoms with Gasteiger partial charge in [-0.2, -0.15) is 0 Å². The number of ether oxygens (including phenoxy) is 1. The van der Waals surface area contributed by atoms with E-state index in [9.17, 15) is 14.4 Å². The number of nitrogens with one attached hydrogen (secondary N) is 2. The van der Waals surface area contributed by atoms with E-state index in [1.54, 1.807) is 42.5 Å². The molecule has 0 aliphatic carbocycles. The van der Waals surface area contributed by atoms with Crippen LogP contribution in [-0.2, 0) is 16.1 Å². The molecule has 0 fully saturated rings. The number of esters is 1. The van der Waals surface area contributed by atoms with Crippen LogP contribution in [0.1, 0.15) is 47.6 Å². The Morgan fingerprint density at radius 2 is 1.72 bits per heavy atom. The second-order valence-electron chi connectivity index (χ2n) is 7.17. The van der Waals surface area contributed by atoms with E-state index in [1.807, 2.05) is 0 Å². The van der Waals surface area contributed by atoms with E-state index in [0.29, 0.717) is 29.9 Å². The number of amidine groups is 1. The Labute approximate surface area is 183 Å². The number of fused-ring (bicyclic) bond motifs is 1. The zero-order valence-electron chi connectivity index (χ0n) is 17.2. The van der Waals surface area contributed by atoms with Crippen molar-refractivity contribution < 1.29 is 28.6 Å². The zero-order valence-corrected chi connectivity index (χ0v) is 17.2. The van der Waals surface area contributed by atoms with Crippen LogP contribution in [0.5, 0.6) is 5.75 Å². The van der Waals surface area contributed by atoms with E-state index in [4.69, 9.17) is 25.4 Å². The molecule has 0 aliphatic rings. The molecule has 0 aliphatic heterocycles. The number of hydrogen-bond donors (Lipinski definition) is 4. The second-order valence-corrected chi connectivity index (χ2v) is 7.17. The van der Waals surface area contributed by atoms with Gasteiger partial charge in [0.05, 0.1) is 6.54 Å². The zero-order chi connectivity index (χ0) is 23.1. The Hall–Kier alpha value is -4.14. The minimum atomic E-state index is -0.883. The van der Waals surface area contributed by atoms with Crippen molar-refractivity contribution in [3.63, 3.8) is 0 Å². The molecule has 3 aromatic rings. The number of carbonyl (C=O) groups is 3. The van der Waals surface area contributed by atoms with Crippen molar-refractivity contribution in [2.75, 3.05) is 0 Å². The average Bonchev–Trinajstić information content (AvgIpc) is 3.24. The van der Waals surface area contributed by atoms with Gasteiger partial charge in [0.2, 0.25) is 11.7 Å². The Bertz CT molecular complexity index is 1170. The molecule has 166 valence electrons. The van der Waals surface area contributed by atoms with E-state index in [-0.39, 0.29) is 36.9 Å². The van der Waals surface area contributed by atoms with Gasteiger partial charge in [0.15, 0.2) is 0 Å². The molecule has 1 amide bonds. The highest BCUT2D eigenvalue weighted by molar-refractivity contribution is 5.99. The molecule has 32 heavy (non-hydrogen) atoms. The van der Waals surface area contributed by atoms with Crippen molar-refractivity contribution in [1.82, 2.24) is 5.32 Å². The fourth-order valence-electron chi connectivity index (χ4n) is 3.03. The second kappa shape index (κ2) is 10.3. The van der Waals surface area contributed by atoms with Gasteiger partial charge in [0, 0.05) is 18.4 Å². The number of aliphatic carboxylic acids is 1. The lowest BCUT2D eigenvalue weighted by molar-refractivity contribution is -0.137. The maximum atomic E-state index is 12.4. The summed E-state index contributed by atoms with van der Waals surface area (Å²) in [5.41, 5.74) is 6.11. The number of hydrogen-bond acceptors (Lipinski definition) is 6. The van der Waals surface area contributed by atoms with Gasteiger partial charge < -0.3 is 25.3 Å². The third-order valence-electron chi connectivity index (χ3n) is 4.70. The topological polar surface area (TPSA) is 156 Å². The molecule has 0 bridgehead atoms. The lowest BCUT2D eigenvalue weighted by Gasteiger charge is -2.06. The van der Waals surface area contributed by atoms with Crippen molar-refractivity contribution in [1.29, 1.82) is 5.41 Å². The summed E-state index contributed by atoms with van der Waals surface area (Å²) in [5.74, 6) is -1.06. The Balaban J connectivity index is 1.53. The Morgan fingerprint density at radius 3 is 2.47 bits per heavy atom. The van der Waals surface area contributed by atoms with Crippen LogP contribution >= 0.6 is 0 Å². The smallest absolute Gasteiger partial charge is 0.379 e. The predicted molar refractivity (Wildman–Crippen MR) is 117 cm³/mol. The summed E-state index contributed by atoms with van der Waals surface area (Å²) < 4.78 is 10.8. The number of benzene rings is 2. The van der Waals surface area contributed by atoms with Crippen molar-refractivity contribution >= 4 is 34.5 Å². The fraction of sp³-hybridized carbons (Fsp3) is 0.217. The van der Waals surface area contributed by atoms with Gasteiger partial charge >= 0.3 is 11.9 Å². The summed E-state index contributed by atoms with van der Waals surface area (Å²) in [5, 5.41) is 20.4. The first-order valence-electron chi connectivity index (χ1n) is 9.99. The van der Waals surface area contributed by atoms with Crippen LogP contribution < -0.4 is 15.8 Å². The van der Waals surface area contributed by atoms with Gasteiger partial charge in [0.25, 0.3) is 0 Å². The predicted octanol–water partition coefficient (Wildman–Crippen LogP) is 3.20. The maximum Gasteiger partial charge on any atom is 0.379 e.